The summed E-state index contributed by atoms with van der Waals surface area (Å²) < 4.78 is 46.4. The van der Waals surface area contributed by atoms with Crippen molar-refractivity contribution in [3.63, 3.8) is 0 Å². The number of anilines is 3. The van der Waals surface area contributed by atoms with Crippen LogP contribution in [0.4, 0.5) is 25.4 Å². The molecule has 3 atom stereocenters. The summed E-state index contributed by atoms with van der Waals surface area (Å²) >= 11 is 1.41. The number of nitrogens with zero attached hydrogens (tertiary/aromatic N) is 7. The largest absolute Gasteiger partial charge is 0.487 e. The summed E-state index contributed by atoms with van der Waals surface area (Å²) in [5.74, 6) is -4.93. The molecule has 3 N–H and O–H groups in total. The van der Waals surface area contributed by atoms with Crippen molar-refractivity contribution < 1.29 is 42.2 Å². The summed E-state index contributed by atoms with van der Waals surface area (Å²) in [5, 5.41) is 14.2. The average molecular weight is 1080 g/mol. The van der Waals surface area contributed by atoms with Gasteiger partial charge < -0.3 is 19.7 Å². The number of esters is 1. The van der Waals surface area contributed by atoms with Crippen molar-refractivity contribution in [1.82, 2.24) is 34.9 Å². The third-order valence-corrected chi connectivity index (χ3v) is 15.5. The number of nitrogens with one attached hydrogen (secondary N) is 3. The Bertz CT molecular complexity index is 3460. The summed E-state index contributed by atoms with van der Waals surface area (Å²) in [6.45, 7) is 11.0. The van der Waals surface area contributed by atoms with Gasteiger partial charge in [0.2, 0.25) is 17.7 Å². The molecule has 4 amide bonds. The van der Waals surface area contributed by atoms with E-state index in [1.54, 1.807) is 86.8 Å². The Hall–Kier alpha value is -7.68. The molecular weight excluding hydrogens is 1020 g/mol. The SMILES string of the molecule is Cc1c(OCC(F)(F)CN2C[C@@H](C)N(CC(=O)Nc3ccc4c(C5CCC(=O)NC5=O)nn(C)c4c3)[C@@H](C)C2)cccc1-c1ccc(N2CCc3cccc(C(=O)Nc4nc5ccccc5s4)c3C2)nc1C(=O)OC(C)(C)C. The zero-order chi connectivity index (χ0) is 55.2. The van der Waals surface area contributed by atoms with Gasteiger partial charge >= 0.3 is 5.97 Å². The zero-order valence-electron chi connectivity index (χ0n) is 44.6. The number of carbonyl (C=O) groups is 5. The molecule has 3 aromatic heterocycles. The lowest BCUT2D eigenvalue weighted by Crippen LogP contribution is -2.60. The van der Waals surface area contributed by atoms with E-state index in [4.69, 9.17) is 14.5 Å². The molecular formula is C58H62F2N10O7S. The van der Waals surface area contributed by atoms with E-state index >= 15 is 8.78 Å². The van der Waals surface area contributed by atoms with Gasteiger partial charge in [0.15, 0.2) is 17.4 Å². The third-order valence-electron chi connectivity index (χ3n) is 14.5. The van der Waals surface area contributed by atoms with Gasteiger partial charge in [0.1, 0.15) is 17.2 Å². The minimum absolute atomic E-state index is 0.0465. The second kappa shape index (κ2) is 21.6. The first-order valence-corrected chi connectivity index (χ1v) is 26.9. The van der Waals surface area contributed by atoms with Crippen molar-refractivity contribution in [2.45, 2.75) is 96.9 Å². The van der Waals surface area contributed by atoms with Gasteiger partial charge in [-0.2, -0.15) is 5.10 Å². The van der Waals surface area contributed by atoms with E-state index in [1.165, 1.54) is 11.3 Å². The molecule has 0 radical (unpaired) electrons. The van der Waals surface area contributed by atoms with Gasteiger partial charge in [-0.3, -0.25) is 44.3 Å². The van der Waals surface area contributed by atoms with Crippen molar-refractivity contribution in [2.24, 2.45) is 7.05 Å². The maximum absolute atomic E-state index is 16.0. The van der Waals surface area contributed by atoms with Gasteiger partial charge in [-0.25, -0.2) is 23.5 Å². The van der Waals surface area contributed by atoms with Crippen LogP contribution < -0.4 is 25.6 Å². The van der Waals surface area contributed by atoms with Crippen molar-refractivity contribution in [1.29, 1.82) is 0 Å². The Balaban J connectivity index is 0.782. The number of halogens is 2. The maximum atomic E-state index is 16.0. The fourth-order valence-corrected chi connectivity index (χ4v) is 11.7. The second-order valence-electron chi connectivity index (χ2n) is 21.6. The molecule has 17 nitrogen and oxygen atoms in total. The minimum Gasteiger partial charge on any atom is -0.487 e. The molecule has 0 aliphatic carbocycles. The summed E-state index contributed by atoms with van der Waals surface area (Å²) in [6.07, 6.45) is 1.23. The van der Waals surface area contributed by atoms with Gasteiger partial charge in [-0.15, -0.1) is 0 Å². The Morgan fingerprint density at radius 1 is 0.885 bits per heavy atom. The number of piperazine rings is 1. The monoisotopic (exact) mass is 1080 g/mol. The zero-order valence-corrected chi connectivity index (χ0v) is 45.4. The van der Waals surface area contributed by atoms with E-state index in [1.807, 2.05) is 72.2 Å². The van der Waals surface area contributed by atoms with Crippen LogP contribution in [0.2, 0.25) is 0 Å². The molecule has 3 aliphatic heterocycles. The van der Waals surface area contributed by atoms with Crippen LogP contribution in [0.1, 0.15) is 96.6 Å². The Morgan fingerprint density at radius 3 is 2.41 bits per heavy atom. The molecule has 4 aromatic carbocycles. The Labute approximate surface area is 454 Å². The molecule has 7 aromatic rings. The molecule has 0 spiro atoms. The number of hydrogen-bond donors (Lipinski definition) is 3. The lowest BCUT2D eigenvalue weighted by atomic mass is 9.93. The van der Waals surface area contributed by atoms with Crippen LogP contribution in [0, 0.1) is 6.92 Å². The highest BCUT2D eigenvalue weighted by Crippen LogP contribution is 2.37. The third kappa shape index (κ3) is 11.6. The van der Waals surface area contributed by atoms with Crippen LogP contribution in [-0.4, -0.2) is 122 Å². The fourth-order valence-electron chi connectivity index (χ4n) is 10.9. The van der Waals surface area contributed by atoms with E-state index in [0.29, 0.717) is 89.1 Å². The fraction of sp³-hybridized carbons (Fsp3) is 0.379. The van der Waals surface area contributed by atoms with Crippen LogP contribution in [0.3, 0.4) is 0 Å². The molecule has 3 aliphatic rings. The Morgan fingerprint density at radius 2 is 1.65 bits per heavy atom. The van der Waals surface area contributed by atoms with Gasteiger partial charge in [-0.1, -0.05) is 47.7 Å². The smallest absolute Gasteiger partial charge is 0.358 e. The molecule has 6 heterocycles. The van der Waals surface area contributed by atoms with Crippen LogP contribution >= 0.6 is 11.3 Å². The number of alkyl halides is 2. The first kappa shape index (κ1) is 53.7. The topological polar surface area (TPSA) is 193 Å². The van der Waals surface area contributed by atoms with Crippen LogP contribution in [-0.2, 0) is 39.1 Å². The van der Waals surface area contributed by atoms with Gasteiger partial charge in [0.25, 0.3) is 11.8 Å². The number of thiazole rings is 1. The van der Waals surface area contributed by atoms with Crippen LogP contribution in [0.15, 0.2) is 91.0 Å². The van der Waals surface area contributed by atoms with E-state index in [9.17, 15) is 24.0 Å². The van der Waals surface area contributed by atoms with Crippen molar-refractivity contribution >= 4 is 78.7 Å². The van der Waals surface area contributed by atoms with E-state index < -0.39 is 36.6 Å². The lowest BCUT2D eigenvalue weighted by molar-refractivity contribution is -0.134. The summed E-state index contributed by atoms with van der Waals surface area (Å²) in [5.41, 5.74) is 5.79. The molecule has 0 bridgehead atoms. The Kier molecular flexibility index (Phi) is 14.9. The lowest BCUT2D eigenvalue weighted by Gasteiger charge is -2.44. The molecule has 78 heavy (non-hydrogen) atoms. The summed E-state index contributed by atoms with van der Waals surface area (Å²) in [6, 6.07) is 27.0. The molecule has 2 saturated heterocycles. The van der Waals surface area contributed by atoms with E-state index in [2.05, 4.69) is 26.0 Å². The highest BCUT2D eigenvalue weighted by atomic mass is 32.1. The molecule has 2 fully saturated rings. The number of aryl methyl sites for hydroxylation is 1. The van der Waals surface area contributed by atoms with Gasteiger partial charge in [0.05, 0.1) is 40.4 Å². The number of ether oxygens (including phenoxy) is 2. The molecule has 1 unspecified atom stereocenters. The van der Waals surface area contributed by atoms with E-state index in [0.717, 1.165) is 26.7 Å². The number of aromatic nitrogens is 4. The first-order chi connectivity index (χ1) is 37.2. The first-order valence-electron chi connectivity index (χ1n) is 26.1. The highest BCUT2D eigenvalue weighted by molar-refractivity contribution is 7.22. The van der Waals surface area contributed by atoms with Crippen molar-refractivity contribution in [2.75, 3.05) is 54.9 Å². The van der Waals surface area contributed by atoms with Crippen molar-refractivity contribution in [3.8, 4) is 16.9 Å². The van der Waals surface area contributed by atoms with Gasteiger partial charge in [0, 0.05) is 73.9 Å². The minimum atomic E-state index is -3.25. The second-order valence-corrected chi connectivity index (χ2v) is 22.6. The number of rotatable bonds is 14. The van der Waals surface area contributed by atoms with E-state index in [-0.39, 0.29) is 60.1 Å². The number of para-hydroxylation sites is 1. The highest BCUT2D eigenvalue weighted by Gasteiger charge is 2.39. The summed E-state index contributed by atoms with van der Waals surface area (Å²) in [4.78, 5) is 80.9. The molecule has 20 heteroatoms. The number of hydrogen-bond acceptors (Lipinski definition) is 14. The van der Waals surface area contributed by atoms with Crippen LogP contribution in [0.5, 0.6) is 5.75 Å². The van der Waals surface area contributed by atoms with Crippen molar-refractivity contribution in [3.05, 3.63) is 125 Å². The number of piperidine rings is 1. The quantitative estimate of drug-likeness (QED) is 0.0692. The predicted molar refractivity (Wildman–Crippen MR) is 295 cm³/mol. The van der Waals surface area contributed by atoms with Crippen LogP contribution in [0.25, 0.3) is 32.2 Å². The number of fused-ring (bicyclic) bond motifs is 3. The molecule has 406 valence electrons. The number of benzene rings is 4. The van der Waals surface area contributed by atoms with Gasteiger partial charge in [-0.05, 0) is 131 Å². The number of carbonyl (C=O) groups excluding carboxylic acids is 5. The maximum Gasteiger partial charge on any atom is 0.358 e. The molecule has 0 saturated carbocycles. The normalized spacial score (nSPS) is 18.4. The average Bonchev–Trinajstić information content (AvgIpc) is 4.01. The number of amides is 4. The number of pyridine rings is 1. The summed E-state index contributed by atoms with van der Waals surface area (Å²) in [7, 11) is 1.76. The molecule has 10 rings (SSSR count). The standard InChI is InChI=1S/C58H62F2N10O7S/c1-33-27-68(28-34(2)70(33)30-50(72)61-37-18-19-41-45(26-37)67(7)66-51(41)42-21-23-49(71)64-54(42)74)31-58(59,60)32-76-46-16-11-13-38(35(46)3)39-20-22-48(63-52(39)55(75)77-57(4,5)6)69-25-24-36-12-10-14-40(43(36)29-69)53(73)65-56-62-44-15-8-9-17-47(44)78-56/h8-20,22,26,33-34,42H,21,23-25,27-32H2,1-7H3,(H,61,72)(H,62,65,73)(H,64,71,74)/t33-,34+,42?. The number of imide groups is 1. The predicted octanol–water partition coefficient (Wildman–Crippen LogP) is 8.89.